The van der Waals surface area contributed by atoms with Crippen LogP contribution in [0, 0.1) is 13.8 Å². The molecular formula is C14H23N3O2S. The van der Waals surface area contributed by atoms with E-state index in [1.54, 1.807) is 4.57 Å². The second kappa shape index (κ2) is 6.54. The molecule has 1 aliphatic heterocycles. The average Bonchev–Trinajstić information content (AvgIpc) is 2.61. The Morgan fingerprint density at radius 2 is 2.25 bits per heavy atom. The molecule has 2 heterocycles. The van der Waals surface area contributed by atoms with Gasteiger partial charge >= 0.3 is 4.87 Å². The zero-order valence-electron chi connectivity index (χ0n) is 12.4. The Hall–Kier alpha value is -1.14. The van der Waals surface area contributed by atoms with Crippen LogP contribution in [0.25, 0.3) is 0 Å². The molecule has 2 N–H and O–H groups in total. The van der Waals surface area contributed by atoms with E-state index >= 15 is 0 Å². The minimum absolute atomic E-state index is 0.0308. The van der Waals surface area contributed by atoms with Gasteiger partial charge in [0.05, 0.1) is 0 Å². The molecule has 2 atom stereocenters. The third-order valence-electron chi connectivity index (χ3n) is 3.93. The highest BCUT2D eigenvalue weighted by molar-refractivity contribution is 7.09. The van der Waals surface area contributed by atoms with Crippen LogP contribution >= 0.6 is 11.3 Å². The van der Waals surface area contributed by atoms with Gasteiger partial charge in [-0.2, -0.15) is 0 Å². The number of thiazole rings is 1. The van der Waals surface area contributed by atoms with Crippen molar-refractivity contribution in [3.05, 3.63) is 20.2 Å². The first-order chi connectivity index (χ1) is 9.47. The third-order valence-corrected chi connectivity index (χ3v) is 4.92. The molecule has 1 saturated heterocycles. The molecule has 2 unspecified atom stereocenters. The maximum atomic E-state index is 12.0. The van der Waals surface area contributed by atoms with E-state index in [4.69, 9.17) is 0 Å². The number of carbonyl (C=O) groups excluding carboxylic acids is 1. The Morgan fingerprint density at radius 1 is 1.50 bits per heavy atom. The maximum Gasteiger partial charge on any atom is 0.307 e. The van der Waals surface area contributed by atoms with Crippen LogP contribution in [0.5, 0.6) is 0 Å². The minimum atomic E-state index is 0.0308. The van der Waals surface area contributed by atoms with E-state index < -0.39 is 0 Å². The van der Waals surface area contributed by atoms with Gasteiger partial charge in [-0.1, -0.05) is 11.3 Å². The van der Waals surface area contributed by atoms with Crippen LogP contribution in [0.2, 0.25) is 0 Å². The highest BCUT2D eigenvalue weighted by Gasteiger charge is 2.20. The largest absolute Gasteiger partial charge is 0.353 e. The molecule has 0 aliphatic carbocycles. The van der Waals surface area contributed by atoms with Crippen molar-refractivity contribution in [2.75, 3.05) is 6.54 Å². The molecule has 0 aromatic carbocycles. The summed E-state index contributed by atoms with van der Waals surface area (Å²) in [6.45, 7) is 7.43. The van der Waals surface area contributed by atoms with Gasteiger partial charge in [-0.3, -0.25) is 9.59 Å². The van der Waals surface area contributed by atoms with Crippen LogP contribution in [0.3, 0.4) is 0 Å². The SMILES string of the molecule is Cc1sc(=O)n(CCC(=O)NC2CCNC(C)C2)c1C. The van der Waals surface area contributed by atoms with Gasteiger partial charge in [-0.25, -0.2) is 0 Å². The first-order valence-corrected chi connectivity index (χ1v) is 7.98. The van der Waals surface area contributed by atoms with Gasteiger partial charge in [0.15, 0.2) is 0 Å². The lowest BCUT2D eigenvalue weighted by atomic mass is 10.0. The Bertz CT molecular complexity index is 535. The molecule has 1 amide bonds. The molecule has 1 aromatic heterocycles. The van der Waals surface area contributed by atoms with Crippen LogP contribution in [-0.2, 0) is 11.3 Å². The fourth-order valence-corrected chi connectivity index (χ4v) is 3.48. The maximum absolute atomic E-state index is 12.0. The molecule has 1 aromatic rings. The number of aromatic nitrogens is 1. The molecule has 2 rings (SSSR count). The highest BCUT2D eigenvalue weighted by atomic mass is 32.1. The van der Waals surface area contributed by atoms with Crippen LogP contribution < -0.4 is 15.5 Å². The molecule has 112 valence electrons. The molecule has 0 saturated carbocycles. The summed E-state index contributed by atoms with van der Waals surface area (Å²) in [5.74, 6) is 0.0410. The Balaban J connectivity index is 1.84. The van der Waals surface area contributed by atoms with E-state index in [1.807, 2.05) is 13.8 Å². The quantitative estimate of drug-likeness (QED) is 0.877. The molecule has 6 heteroatoms. The second-order valence-corrected chi connectivity index (χ2v) is 6.72. The van der Waals surface area contributed by atoms with Gasteiger partial charge in [0.2, 0.25) is 5.91 Å². The van der Waals surface area contributed by atoms with Crippen LogP contribution in [0.15, 0.2) is 4.79 Å². The normalized spacial score (nSPS) is 22.8. The number of piperidine rings is 1. The van der Waals surface area contributed by atoms with Crippen molar-refractivity contribution in [2.45, 2.75) is 58.7 Å². The van der Waals surface area contributed by atoms with Crippen molar-refractivity contribution in [2.24, 2.45) is 0 Å². The molecular weight excluding hydrogens is 274 g/mol. The van der Waals surface area contributed by atoms with Crippen molar-refractivity contribution in [1.82, 2.24) is 15.2 Å². The number of hydrogen-bond donors (Lipinski definition) is 2. The minimum Gasteiger partial charge on any atom is -0.353 e. The van der Waals surface area contributed by atoms with Crippen molar-refractivity contribution in [3.63, 3.8) is 0 Å². The average molecular weight is 297 g/mol. The van der Waals surface area contributed by atoms with Crippen molar-refractivity contribution in [3.8, 4) is 0 Å². The van der Waals surface area contributed by atoms with E-state index in [9.17, 15) is 9.59 Å². The number of rotatable bonds is 4. The fourth-order valence-electron chi connectivity index (χ4n) is 2.62. The van der Waals surface area contributed by atoms with E-state index in [0.717, 1.165) is 30.0 Å². The molecule has 0 radical (unpaired) electrons. The lowest BCUT2D eigenvalue weighted by Gasteiger charge is -2.28. The summed E-state index contributed by atoms with van der Waals surface area (Å²) in [4.78, 5) is 24.8. The number of nitrogens with zero attached hydrogens (tertiary/aromatic N) is 1. The highest BCUT2D eigenvalue weighted by Crippen LogP contribution is 2.11. The van der Waals surface area contributed by atoms with Crippen LogP contribution in [0.4, 0.5) is 0 Å². The summed E-state index contributed by atoms with van der Waals surface area (Å²) < 4.78 is 1.70. The zero-order valence-corrected chi connectivity index (χ0v) is 13.2. The summed E-state index contributed by atoms with van der Waals surface area (Å²) in [5, 5.41) is 6.44. The van der Waals surface area contributed by atoms with E-state index in [1.165, 1.54) is 11.3 Å². The first-order valence-electron chi connectivity index (χ1n) is 7.17. The van der Waals surface area contributed by atoms with E-state index in [0.29, 0.717) is 19.0 Å². The molecule has 20 heavy (non-hydrogen) atoms. The number of nitrogens with one attached hydrogen (secondary N) is 2. The van der Waals surface area contributed by atoms with Crippen molar-refractivity contribution < 1.29 is 4.79 Å². The molecule has 5 nitrogen and oxygen atoms in total. The second-order valence-electron chi connectivity index (χ2n) is 5.56. The predicted molar refractivity (Wildman–Crippen MR) is 81.3 cm³/mol. The molecule has 1 fully saturated rings. The number of carbonyl (C=O) groups is 1. The summed E-state index contributed by atoms with van der Waals surface area (Å²) in [6.07, 6.45) is 2.32. The topological polar surface area (TPSA) is 63.1 Å². The summed E-state index contributed by atoms with van der Waals surface area (Å²) >= 11 is 1.25. The van der Waals surface area contributed by atoms with Gasteiger partial charge in [-0.15, -0.1) is 0 Å². The number of aryl methyl sites for hydroxylation is 1. The van der Waals surface area contributed by atoms with Crippen LogP contribution in [0.1, 0.15) is 36.8 Å². The number of hydrogen-bond acceptors (Lipinski definition) is 4. The summed E-state index contributed by atoms with van der Waals surface area (Å²) in [5.41, 5.74) is 0.975. The van der Waals surface area contributed by atoms with E-state index in [-0.39, 0.29) is 16.8 Å². The standard InChI is InChI=1S/C14H23N3O2S/c1-9-8-12(4-6-15-9)16-13(18)5-7-17-10(2)11(3)20-14(17)19/h9,12,15H,4-8H2,1-3H3,(H,16,18). The monoisotopic (exact) mass is 297 g/mol. The van der Waals surface area contributed by atoms with Gasteiger partial charge in [0, 0.05) is 35.6 Å². The fraction of sp³-hybridized carbons (Fsp3) is 0.714. The molecule has 0 bridgehead atoms. The Morgan fingerprint density at radius 3 is 2.85 bits per heavy atom. The Labute approximate surface area is 123 Å². The zero-order chi connectivity index (χ0) is 14.7. The molecule has 0 spiro atoms. The smallest absolute Gasteiger partial charge is 0.307 e. The lowest BCUT2D eigenvalue weighted by Crippen LogP contribution is -2.46. The summed E-state index contributed by atoms with van der Waals surface area (Å²) in [7, 11) is 0. The van der Waals surface area contributed by atoms with E-state index in [2.05, 4.69) is 17.6 Å². The summed E-state index contributed by atoms with van der Waals surface area (Å²) in [6, 6.07) is 0.721. The third kappa shape index (κ3) is 3.70. The first kappa shape index (κ1) is 15.3. The van der Waals surface area contributed by atoms with Crippen LogP contribution in [-0.4, -0.2) is 29.1 Å². The molecule has 1 aliphatic rings. The lowest BCUT2D eigenvalue weighted by molar-refractivity contribution is -0.122. The van der Waals surface area contributed by atoms with Crippen molar-refractivity contribution in [1.29, 1.82) is 0 Å². The Kier molecular flexibility index (Phi) is 4.99. The predicted octanol–water partition coefficient (Wildman–Crippen LogP) is 1.17. The van der Waals surface area contributed by atoms with Gasteiger partial charge < -0.3 is 15.2 Å². The number of amides is 1. The van der Waals surface area contributed by atoms with Gasteiger partial charge in [-0.05, 0) is 40.2 Å². The van der Waals surface area contributed by atoms with Gasteiger partial charge in [0.1, 0.15) is 0 Å². The van der Waals surface area contributed by atoms with Gasteiger partial charge in [0.25, 0.3) is 0 Å². The van der Waals surface area contributed by atoms with Crippen molar-refractivity contribution >= 4 is 17.2 Å².